The van der Waals surface area contributed by atoms with E-state index in [2.05, 4.69) is 0 Å². The first kappa shape index (κ1) is 19.6. The van der Waals surface area contributed by atoms with Crippen LogP contribution >= 0.6 is 11.3 Å². The van der Waals surface area contributed by atoms with Gasteiger partial charge in [0.25, 0.3) is 0 Å². The maximum Gasteiger partial charge on any atom is 0.160 e. The van der Waals surface area contributed by atoms with Crippen LogP contribution in [0, 0.1) is 0 Å². The summed E-state index contributed by atoms with van der Waals surface area (Å²) in [4.78, 5) is 1.78. The molecule has 0 amide bonds. The third-order valence-corrected chi connectivity index (χ3v) is 9.18. The second-order valence-electron chi connectivity index (χ2n) is 10.8. The smallest absolute Gasteiger partial charge is 0.160 e. The summed E-state index contributed by atoms with van der Waals surface area (Å²) in [7, 11) is 0. The van der Waals surface area contributed by atoms with Crippen molar-refractivity contribution in [1.29, 1.82) is 0 Å². The van der Waals surface area contributed by atoms with Crippen LogP contribution in [0.3, 0.4) is 0 Å². The van der Waals surface area contributed by atoms with E-state index in [0.29, 0.717) is 22.5 Å². The van der Waals surface area contributed by atoms with Gasteiger partial charge in [-0.2, -0.15) is 0 Å². The minimum absolute atomic E-state index is 0.103. The van der Waals surface area contributed by atoms with Crippen molar-refractivity contribution in [3.8, 4) is 22.3 Å². The summed E-state index contributed by atoms with van der Waals surface area (Å²) in [5.41, 5.74) is 6.46. The first-order valence-electron chi connectivity index (χ1n) is 18.1. The van der Waals surface area contributed by atoms with Gasteiger partial charge in [-0.05, 0) is 70.7 Å². The van der Waals surface area contributed by atoms with E-state index in [1.165, 1.54) is 0 Å². The predicted molar refractivity (Wildman–Crippen MR) is 192 cm³/mol. The minimum atomic E-state index is -0.409. The minimum Gasteiger partial charge on any atom is -0.454 e. The Morgan fingerprint density at radius 3 is 2.04 bits per heavy atom. The lowest BCUT2D eigenvalue weighted by Crippen LogP contribution is -2.10. The van der Waals surface area contributed by atoms with Gasteiger partial charge in [-0.3, -0.25) is 0 Å². The molecule has 0 aliphatic heterocycles. The van der Waals surface area contributed by atoms with Gasteiger partial charge in [-0.25, -0.2) is 0 Å². The second-order valence-corrected chi connectivity index (χ2v) is 11.8. The first-order chi connectivity index (χ1) is 25.2. The molecule has 45 heavy (non-hydrogen) atoms. The van der Waals surface area contributed by atoms with E-state index in [9.17, 15) is 4.11 Å². The van der Waals surface area contributed by atoms with Gasteiger partial charge in [0.2, 0.25) is 0 Å². The standard InChI is InChI=1S/C42H27NOS/c1-3-11-28(12-4-1)29-19-21-31(22-20-29)43(32-23-26-40-36(27-32)34-15-8-10-18-39(34)45-40)37-25-24-33(30-13-5-2-6-14-30)41-35-16-7-9-17-38(35)44-42(37)41/h1-27H/i8D,10D,15D,18D,23D,26D,27D. The average molecular weight is 601 g/mol. The maximum absolute atomic E-state index is 9.74. The lowest BCUT2D eigenvalue weighted by Gasteiger charge is -2.26. The number of hydrogen-bond donors (Lipinski definition) is 0. The van der Waals surface area contributed by atoms with Gasteiger partial charge in [0.05, 0.1) is 15.3 Å². The summed E-state index contributed by atoms with van der Waals surface area (Å²) in [6.07, 6.45) is 0. The molecule has 0 saturated heterocycles. The number of hydrogen-bond acceptors (Lipinski definition) is 3. The second kappa shape index (κ2) is 10.5. The summed E-state index contributed by atoms with van der Waals surface area (Å²) < 4.78 is 69.8. The summed E-state index contributed by atoms with van der Waals surface area (Å²) >= 11 is 1.02. The van der Waals surface area contributed by atoms with Crippen molar-refractivity contribution in [2.45, 2.75) is 0 Å². The van der Waals surface area contributed by atoms with E-state index in [4.69, 9.17) is 9.90 Å². The topological polar surface area (TPSA) is 16.4 Å². The van der Waals surface area contributed by atoms with E-state index < -0.39 is 6.04 Å². The van der Waals surface area contributed by atoms with Crippen molar-refractivity contribution in [2.75, 3.05) is 4.90 Å². The zero-order chi connectivity index (χ0) is 35.8. The van der Waals surface area contributed by atoms with Gasteiger partial charge in [0, 0.05) is 42.3 Å². The molecule has 0 spiro atoms. The highest BCUT2D eigenvalue weighted by Gasteiger charge is 2.22. The van der Waals surface area contributed by atoms with Crippen molar-refractivity contribution < 1.29 is 14.0 Å². The van der Waals surface area contributed by atoms with Crippen LogP contribution in [0.25, 0.3) is 64.4 Å². The number of anilines is 3. The highest BCUT2D eigenvalue weighted by molar-refractivity contribution is 7.25. The lowest BCUT2D eigenvalue weighted by molar-refractivity contribution is 0.669. The molecule has 0 radical (unpaired) electrons. The molecule has 0 unspecified atom stereocenters. The molecule has 212 valence electrons. The van der Waals surface area contributed by atoms with Gasteiger partial charge in [-0.1, -0.05) is 115 Å². The van der Waals surface area contributed by atoms with E-state index in [1.54, 1.807) is 4.90 Å². The van der Waals surface area contributed by atoms with Gasteiger partial charge >= 0.3 is 0 Å². The lowest BCUT2D eigenvalue weighted by atomic mass is 9.98. The number of fused-ring (bicyclic) bond motifs is 6. The maximum atomic E-state index is 9.74. The summed E-state index contributed by atoms with van der Waals surface area (Å²) in [6.45, 7) is 0. The van der Waals surface area contributed by atoms with Gasteiger partial charge < -0.3 is 9.32 Å². The molecule has 0 aliphatic rings. The fraction of sp³-hybridized carbons (Fsp3) is 0. The van der Waals surface area contributed by atoms with Gasteiger partial charge in [0.1, 0.15) is 5.58 Å². The summed E-state index contributed by atoms with van der Waals surface area (Å²) in [5, 5.41) is 2.17. The zero-order valence-corrected chi connectivity index (χ0v) is 24.6. The Morgan fingerprint density at radius 2 is 1.22 bits per heavy atom. The molecular weight excluding hydrogens is 567 g/mol. The molecule has 9 rings (SSSR count). The normalized spacial score (nSPS) is 13.7. The van der Waals surface area contributed by atoms with Crippen molar-refractivity contribution in [3.63, 3.8) is 0 Å². The predicted octanol–water partition coefficient (Wildman–Crippen LogP) is 12.8. The van der Waals surface area contributed by atoms with Crippen LogP contribution in [0.5, 0.6) is 0 Å². The van der Waals surface area contributed by atoms with Crippen LogP contribution in [0.2, 0.25) is 0 Å². The molecule has 0 fully saturated rings. The Balaban J connectivity index is 1.39. The number of benzene rings is 7. The Bertz CT molecular complexity index is 2870. The van der Waals surface area contributed by atoms with E-state index >= 15 is 0 Å². The van der Waals surface area contributed by atoms with Crippen molar-refractivity contribution in [1.82, 2.24) is 0 Å². The molecule has 2 nitrogen and oxygen atoms in total. The third kappa shape index (κ3) is 4.32. The summed E-state index contributed by atoms with van der Waals surface area (Å²) in [6, 6.07) is 37.8. The molecule has 0 aliphatic carbocycles. The fourth-order valence-electron chi connectivity index (χ4n) is 6.08. The van der Waals surface area contributed by atoms with Crippen molar-refractivity contribution in [2.24, 2.45) is 0 Å². The van der Waals surface area contributed by atoms with E-state index in [1.807, 2.05) is 121 Å². The SMILES string of the molecule is [2H]c1c([2H])c([2H])c2c(sc3c([2H])c([2H])c(N(c4ccc(-c5ccccc5)cc4)c4ccc(-c5ccccc5)c5c4oc4ccccc45)c([2H])c32)c1[2H]. The molecule has 0 atom stereocenters. The molecule has 0 bridgehead atoms. The zero-order valence-electron chi connectivity index (χ0n) is 30.8. The Hall–Kier alpha value is -5.64. The Kier molecular flexibility index (Phi) is 4.58. The monoisotopic (exact) mass is 600 g/mol. The molecular formula is C42H27NOS. The highest BCUT2D eigenvalue weighted by atomic mass is 32.1. The van der Waals surface area contributed by atoms with Crippen LogP contribution in [0.15, 0.2) is 168 Å². The van der Waals surface area contributed by atoms with Crippen LogP contribution in [-0.2, 0) is 0 Å². The number of furan rings is 1. The van der Waals surface area contributed by atoms with Gasteiger partial charge in [-0.15, -0.1) is 11.3 Å². The van der Waals surface area contributed by atoms with E-state index in [-0.39, 0.29) is 62.1 Å². The average Bonchev–Trinajstić information content (AvgIpc) is 3.78. The molecule has 2 heterocycles. The molecule has 0 N–H and O–H groups in total. The molecule has 3 heteroatoms. The molecule has 2 aromatic heterocycles. The van der Waals surface area contributed by atoms with Crippen LogP contribution in [0.1, 0.15) is 9.60 Å². The largest absolute Gasteiger partial charge is 0.454 e. The van der Waals surface area contributed by atoms with Crippen molar-refractivity contribution >= 4 is 70.5 Å². The Morgan fingerprint density at radius 1 is 0.533 bits per heavy atom. The van der Waals surface area contributed by atoms with Crippen LogP contribution in [-0.4, -0.2) is 0 Å². The molecule has 7 aromatic carbocycles. The number of para-hydroxylation sites is 1. The Labute approximate surface area is 274 Å². The van der Waals surface area contributed by atoms with E-state index in [0.717, 1.165) is 44.4 Å². The quantitative estimate of drug-likeness (QED) is 0.195. The molecule has 0 saturated carbocycles. The van der Waals surface area contributed by atoms with Crippen molar-refractivity contribution in [3.05, 3.63) is 164 Å². The third-order valence-electron chi connectivity index (χ3n) is 8.16. The number of thiophene rings is 1. The van der Waals surface area contributed by atoms with Gasteiger partial charge in [0.15, 0.2) is 5.58 Å². The summed E-state index contributed by atoms with van der Waals surface area (Å²) in [5.74, 6) is 0. The number of rotatable bonds is 5. The van der Waals surface area contributed by atoms with Crippen LogP contribution < -0.4 is 4.90 Å². The fourth-order valence-corrected chi connectivity index (χ4v) is 6.99. The molecule has 9 aromatic rings. The van der Waals surface area contributed by atoms with Crippen LogP contribution in [0.4, 0.5) is 17.1 Å². The highest BCUT2D eigenvalue weighted by Crippen LogP contribution is 2.47. The number of nitrogens with zero attached hydrogens (tertiary/aromatic N) is 1. The first-order valence-corrected chi connectivity index (χ1v) is 15.4.